The molecule has 1 amide bonds. The molecule has 1 saturated heterocycles. The molecule has 3 rings (SSSR count). The maximum absolute atomic E-state index is 12.7. The predicted octanol–water partition coefficient (Wildman–Crippen LogP) is 0.587. The van der Waals surface area contributed by atoms with Crippen LogP contribution in [0, 0.1) is 0 Å². The van der Waals surface area contributed by atoms with Gasteiger partial charge in [0.15, 0.2) is 0 Å². The second-order valence-corrected chi connectivity index (χ2v) is 8.03. The van der Waals surface area contributed by atoms with Gasteiger partial charge in [-0.15, -0.1) is 11.3 Å². The van der Waals surface area contributed by atoms with Crippen molar-refractivity contribution in [3.8, 4) is 0 Å². The van der Waals surface area contributed by atoms with E-state index in [1.54, 1.807) is 23.3 Å². The highest BCUT2D eigenvalue weighted by Crippen LogP contribution is 2.43. The first kappa shape index (κ1) is 15.4. The molecule has 3 heterocycles. The lowest BCUT2D eigenvalue weighted by Gasteiger charge is -2.46. The number of likely N-dealkylation sites (N-methyl/N-ethyl adjacent to an activating group) is 1. The highest BCUT2D eigenvalue weighted by Gasteiger charge is 2.54. The quantitative estimate of drug-likeness (QED) is 0.592. The summed E-state index contributed by atoms with van der Waals surface area (Å²) in [6.07, 6.45) is 0. The summed E-state index contributed by atoms with van der Waals surface area (Å²) >= 11 is 1.11. The zero-order valence-corrected chi connectivity index (χ0v) is 13.8. The first-order valence-electron chi connectivity index (χ1n) is 6.99. The Labute approximate surface area is 132 Å². The van der Waals surface area contributed by atoms with Gasteiger partial charge < -0.3 is 9.64 Å². The first-order chi connectivity index (χ1) is 10.4. The normalized spacial score (nSPS) is 29.1. The van der Waals surface area contributed by atoms with Crippen molar-refractivity contribution in [3.63, 3.8) is 0 Å². The zero-order chi connectivity index (χ0) is 16.1. The van der Waals surface area contributed by atoms with Gasteiger partial charge in [0.1, 0.15) is 4.21 Å². The Kier molecular flexibility index (Phi) is 3.74. The Bertz CT molecular complexity index is 727. The van der Waals surface area contributed by atoms with Crippen molar-refractivity contribution in [1.29, 1.82) is 0 Å². The number of ether oxygens (including phenoxy) is 1. The molecule has 3 atom stereocenters. The Hall–Kier alpha value is -1.45. The number of hydrogen-bond acceptors (Lipinski definition) is 6. The number of thiophene rings is 1. The van der Waals surface area contributed by atoms with Crippen molar-refractivity contribution >= 4 is 33.2 Å². The maximum atomic E-state index is 12.7. The fraction of sp³-hybridized carbons (Fsp3) is 0.538. The van der Waals surface area contributed by atoms with Gasteiger partial charge in [0.25, 0.3) is 15.9 Å². The van der Waals surface area contributed by atoms with Gasteiger partial charge in [-0.05, 0) is 25.3 Å². The van der Waals surface area contributed by atoms with Gasteiger partial charge in [-0.1, -0.05) is 0 Å². The number of piperazine rings is 1. The van der Waals surface area contributed by atoms with Crippen LogP contribution < -0.4 is 0 Å². The monoisotopic (exact) mass is 344 g/mol. The second-order valence-electron chi connectivity index (χ2n) is 5.03. The summed E-state index contributed by atoms with van der Waals surface area (Å²) < 4.78 is 31.5. The molecule has 0 N–H and O–H groups in total. The maximum Gasteiger partial charge on any atom is 0.334 e. The van der Waals surface area contributed by atoms with Gasteiger partial charge in [0.05, 0.1) is 12.6 Å². The zero-order valence-electron chi connectivity index (χ0n) is 12.2. The van der Waals surface area contributed by atoms with Gasteiger partial charge >= 0.3 is 5.97 Å². The Morgan fingerprint density at radius 1 is 1.45 bits per heavy atom. The topological polar surface area (TPSA) is 84.0 Å². The van der Waals surface area contributed by atoms with Crippen LogP contribution in [-0.2, 0) is 24.3 Å². The number of rotatable bonds is 3. The molecule has 0 aliphatic carbocycles. The van der Waals surface area contributed by atoms with Crippen LogP contribution in [0.5, 0.6) is 0 Å². The third-order valence-corrected chi connectivity index (χ3v) is 7.27. The van der Waals surface area contributed by atoms with Crippen LogP contribution in [0.3, 0.4) is 0 Å². The molecular formula is C13H16N2O5S2. The van der Waals surface area contributed by atoms with Crippen LogP contribution in [0.1, 0.15) is 25.5 Å². The van der Waals surface area contributed by atoms with Crippen LogP contribution in [0.2, 0.25) is 0 Å². The average molecular weight is 344 g/mol. The minimum atomic E-state index is -3.84. The van der Waals surface area contributed by atoms with Gasteiger partial charge in [-0.25, -0.2) is 13.2 Å². The number of nitrogens with zero attached hydrogens (tertiary/aromatic N) is 2. The van der Waals surface area contributed by atoms with E-state index in [9.17, 15) is 18.0 Å². The summed E-state index contributed by atoms with van der Waals surface area (Å²) in [7, 11) is -3.84. The second kappa shape index (κ2) is 5.32. The van der Waals surface area contributed by atoms with E-state index >= 15 is 0 Å². The third-order valence-electron chi connectivity index (χ3n) is 3.95. The van der Waals surface area contributed by atoms with E-state index < -0.39 is 27.9 Å². The van der Waals surface area contributed by atoms with Crippen molar-refractivity contribution in [2.75, 3.05) is 19.7 Å². The van der Waals surface area contributed by atoms with Crippen LogP contribution >= 0.6 is 11.3 Å². The summed E-state index contributed by atoms with van der Waals surface area (Å²) in [5.41, 5.74) is 0.638. The fourth-order valence-corrected chi connectivity index (χ4v) is 6.12. The number of esters is 1. The summed E-state index contributed by atoms with van der Waals surface area (Å²) in [5, 5.41) is 1.70. The first-order valence-corrected chi connectivity index (χ1v) is 9.31. The van der Waals surface area contributed by atoms with Crippen molar-refractivity contribution in [3.05, 3.63) is 17.0 Å². The van der Waals surface area contributed by atoms with Crippen LogP contribution in [0.25, 0.3) is 0 Å². The SMILES string of the molecule is CCOC(=O)C1C(=O)N(CC)C2CN1S(=O)(=O)c1sccc12. The fourth-order valence-electron chi connectivity index (χ4n) is 3.00. The van der Waals surface area contributed by atoms with E-state index in [4.69, 9.17) is 4.74 Å². The summed E-state index contributed by atoms with van der Waals surface area (Å²) in [6, 6.07) is -0.0236. The Morgan fingerprint density at radius 2 is 2.18 bits per heavy atom. The molecule has 1 aromatic rings. The molecular weight excluding hydrogens is 328 g/mol. The number of amides is 1. The van der Waals surface area contributed by atoms with Crippen molar-refractivity contribution in [2.24, 2.45) is 0 Å². The number of sulfonamides is 1. The molecule has 1 fully saturated rings. The van der Waals surface area contributed by atoms with Crippen LogP contribution in [0.4, 0.5) is 0 Å². The number of carbonyl (C=O) groups excluding carboxylic acids is 2. The van der Waals surface area contributed by atoms with Gasteiger partial charge in [-0.3, -0.25) is 4.79 Å². The minimum Gasteiger partial charge on any atom is -0.464 e. The van der Waals surface area contributed by atoms with E-state index in [-0.39, 0.29) is 23.4 Å². The molecule has 2 aliphatic rings. The third kappa shape index (κ3) is 1.99. The van der Waals surface area contributed by atoms with Crippen molar-refractivity contribution in [2.45, 2.75) is 30.1 Å². The van der Waals surface area contributed by atoms with E-state index in [1.165, 1.54) is 0 Å². The average Bonchev–Trinajstić information content (AvgIpc) is 2.95. The molecule has 0 aromatic carbocycles. The van der Waals surface area contributed by atoms with Crippen LogP contribution in [-0.4, -0.2) is 55.2 Å². The molecule has 9 heteroatoms. The van der Waals surface area contributed by atoms with Gasteiger partial charge in [0.2, 0.25) is 6.04 Å². The summed E-state index contributed by atoms with van der Waals surface area (Å²) in [4.78, 5) is 26.3. The summed E-state index contributed by atoms with van der Waals surface area (Å²) in [6.45, 7) is 4.02. The Morgan fingerprint density at radius 3 is 2.82 bits per heavy atom. The number of hydrogen-bond donors (Lipinski definition) is 0. The molecule has 0 spiro atoms. The standard InChI is InChI=1S/C13H16N2O5S2/c1-3-14-9-7-15(10(11(14)16)12(17)20-4-2)22(18,19)13-8(9)5-6-21-13/h5-6,9-10H,3-4,7H2,1-2H3. The molecule has 0 radical (unpaired) electrons. The minimum absolute atomic E-state index is 0.0924. The largest absolute Gasteiger partial charge is 0.464 e. The molecule has 7 nitrogen and oxygen atoms in total. The van der Waals surface area contributed by atoms with Crippen LogP contribution in [0.15, 0.2) is 15.7 Å². The van der Waals surface area contributed by atoms with E-state index in [1.807, 2.05) is 6.92 Å². The predicted molar refractivity (Wildman–Crippen MR) is 78.8 cm³/mol. The lowest BCUT2D eigenvalue weighted by Crippen LogP contribution is -2.64. The number of fused-ring (bicyclic) bond motifs is 4. The lowest BCUT2D eigenvalue weighted by molar-refractivity contribution is -0.160. The molecule has 0 saturated carbocycles. The molecule has 1 aromatic heterocycles. The molecule has 120 valence electrons. The highest BCUT2D eigenvalue weighted by molar-refractivity contribution is 7.91. The summed E-state index contributed by atoms with van der Waals surface area (Å²) in [5.74, 6) is -1.33. The molecule has 22 heavy (non-hydrogen) atoms. The molecule has 3 unspecified atom stereocenters. The van der Waals surface area contributed by atoms with Crippen molar-refractivity contribution < 1.29 is 22.7 Å². The smallest absolute Gasteiger partial charge is 0.334 e. The molecule has 2 bridgehead atoms. The highest BCUT2D eigenvalue weighted by atomic mass is 32.2. The van der Waals surface area contributed by atoms with E-state index in [2.05, 4.69) is 0 Å². The van der Waals surface area contributed by atoms with E-state index in [0.29, 0.717) is 12.1 Å². The Balaban J connectivity index is 2.15. The molecule has 2 aliphatic heterocycles. The lowest BCUT2D eigenvalue weighted by atomic mass is 10.0. The van der Waals surface area contributed by atoms with Crippen molar-refractivity contribution in [1.82, 2.24) is 9.21 Å². The van der Waals surface area contributed by atoms with Gasteiger partial charge in [-0.2, -0.15) is 4.31 Å². The van der Waals surface area contributed by atoms with E-state index in [0.717, 1.165) is 15.6 Å². The number of carbonyl (C=O) groups is 2. The van der Waals surface area contributed by atoms with Gasteiger partial charge in [0, 0.05) is 18.7 Å².